The molecular formula is C21H18F2N2O3S. The van der Waals surface area contributed by atoms with Crippen LogP contribution in [0.25, 0.3) is 0 Å². The third kappa shape index (κ3) is 4.97. The Morgan fingerprint density at radius 3 is 2.45 bits per heavy atom. The van der Waals surface area contributed by atoms with E-state index in [1.165, 1.54) is 54.6 Å². The number of aryl methyl sites for hydroxylation is 1. The molecular weight excluding hydrogens is 398 g/mol. The van der Waals surface area contributed by atoms with Crippen LogP contribution in [-0.2, 0) is 16.6 Å². The van der Waals surface area contributed by atoms with Crippen LogP contribution in [0.1, 0.15) is 21.5 Å². The van der Waals surface area contributed by atoms with Gasteiger partial charge in [0.1, 0.15) is 11.6 Å². The molecule has 2 N–H and O–H groups in total. The first-order valence-corrected chi connectivity index (χ1v) is 10.2. The molecule has 1 amide bonds. The predicted molar refractivity (Wildman–Crippen MR) is 106 cm³/mol. The van der Waals surface area contributed by atoms with Crippen LogP contribution in [0.15, 0.2) is 71.6 Å². The lowest BCUT2D eigenvalue weighted by atomic mass is 10.1. The number of amides is 1. The van der Waals surface area contributed by atoms with E-state index in [9.17, 15) is 22.0 Å². The molecule has 8 heteroatoms. The van der Waals surface area contributed by atoms with E-state index < -0.39 is 27.6 Å². The summed E-state index contributed by atoms with van der Waals surface area (Å²) in [7, 11) is -4.10. The van der Waals surface area contributed by atoms with E-state index in [2.05, 4.69) is 10.0 Å². The Labute approximate surface area is 167 Å². The maximum absolute atomic E-state index is 13.8. The minimum atomic E-state index is -4.10. The zero-order chi connectivity index (χ0) is 21.0. The van der Waals surface area contributed by atoms with Crippen LogP contribution >= 0.6 is 0 Å². The number of carbonyl (C=O) groups excluding carboxylic acids is 1. The maximum Gasteiger partial charge on any atom is 0.262 e. The Morgan fingerprint density at radius 2 is 1.72 bits per heavy atom. The number of para-hydroxylation sites is 1. The quantitative estimate of drug-likeness (QED) is 0.638. The monoisotopic (exact) mass is 416 g/mol. The number of sulfonamides is 1. The summed E-state index contributed by atoms with van der Waals surface area (Å²) >= 11 is 0. The Bertz CT molecular complexity index is 1160. The SMILES string of the molecule is Cc1ccc(S(=O)(=O)Nc2ccccc2F)cc1C(=O)NCc1cccc(F)c1. The van der Waals surface area contributed by atoms with Gasteiger partial charge in [-0.2, -0.15) is 0 Å². The molecule has 0 spiro atoms. The van der Waals surface area contributed by atoms with Crippen LogP contribution in [0.3, 0.4) is 0 Å². The van der Waals surface area contributed by atoms with Gasteiger partial charge >= 0.3 is 0 Å². The van der Waals surface area contributed by atoms with Gasteiger partial charge < -0.3 is 5.32 Å². The van der Waals surface area contributed by atoms with E-state index in [0.717, 1.165) is 6.07 Å². The summed E-state index contributed by atoms with van der Waals surface area (Å²) in [5, 5.41) is 2.64. The highest BCUT2D eigenvalue weighted by molar-refractivity contribution is 7.92. The molecule has 150 valence electrons. The fraction of sp³-hybridized carbons (Fsp3) is 0.0952. The summed E-state index contributed by atoms with van der Waals surface area (Å²) < 4.78 is 54.4. The van der Waals surface area contributed by atoms with Gasteiger partial charge in [0, 0.05) is 12.1 Å². The summed E-state index contributed by atoms with van der Waals surface area (Å²) in [5.41, 5.74) is 1.09. The number of hydrogen-bond donors (Lipinski definition) is 2. The van der Waals surface area contributed by atoms with Crippen molar-refractivity contribution < 1.29 is 22.0 Å². The second kappa shape index (κ2) is 8.40. The minimum Gasteiger partial charge on any atom is -0.348 e. The van der Waals surface area contributed by atoms with Crippen molar-refractivity contribution in [3.8, 4) is 0 Å². The molecule has 0 fully saturated rings. The number of rotatable bonds is 6. The molecule has 0 heterocycles. The van der Waals surface area contributed by atoms with Crippen LogP contribution in [0.2, 0.25) is 0 Å². The van der Waals surface area contributed by atoms with Crippen molar-refractivity contribution in [2.75, 3.05) is 4.72 Å². The standard InChI is InChI=1S/C21H18F2N2O3S/c1-14-9-10-17(29(27,28)25-20-8-3-2-7-19(20)23)12-18(14)21(26)24-13-15-5-4-6-16(22)11-15/h2-12,25H,13H2,1H3,(H,24,26). The topological polar surface area (TPSA) is 75.3 Å². The number of hydrogen-bond acceptors (Lipinski definition) is 3. The molecule has 0 saturated heterocycles. The molecule has 3 aromatic rings. The van der Waals surface area contributed by atoms with Crippen molar-refractivity contribution in [3.63, 3.8) is 0 Å². The maximum atomic E-state index is 13.8. The van der Waals surface area contributed by atoms with E-state index in [4.69, 9.17) is 0 Å². The van der Waals surface area contributed by atoms with Crippen LogP contribution in [0.5, 0.6) is 0 Å². The van der Waals surface area contributed by atoms with Crippen LogP contribution in [0.4, 0.5) is 14.5 Å². The molecule has 0 unspecified atom stereocenters. The number of anilines is 1. The molecule has 0 radical (unpaired) electrons. The Balaban J connectivity index is 1.81. The highest BCUT2D eigenvalue weighted by Crippen LogP contribution is 2.21. The fourth-order valence-electron chi connectivity index (χ4n) is 2.69. The summed E-state index contributed by atoms with van der Waals surface area (Å²) in [5.74, 6) is -1.63. The second-order valence-electron chi connectivity index (χ2n) is 6.37. The van der Waals surface area contributed by atoms with E-state index in [1.807, 2.05) is 0 Å². The third-order valence-corrected chi connectivity index (χ3v) is 5.59. The number of benzene rings is 3. The summed E-state index contributed by atoms with van der Waals surface area (Å²) in [6.45, 7) is 1.75. The lowest BCUT2D eigenvalue weighted by molar-refractivity contribution is 0.0950. The fourth-order valence-corrected chi connectivity index (χ4v) is 3.78. The molecule has 5 nitrogen and oxygen atoms in total. The Hall–Kier alpha value is -3.26. The third-order valence-electron chi connectivity index (χ3n) is 4.22. The first-order valence-electron chi connectivity index (χ1n) is 8.67. The van der Waals surface area contributed by atoms with Gasteiger partial charge in [-0.1, -0.05) is 30.3 Å². The largest absolute Gasteiger partial charge is 0.348 e. The molecule has 0 atom stereocenters. The zero-order valence-corrected chi connectivity index (χ0v) is 16.3. The van der Waals surface area contributed by atoms with Gasteiger partial charge in [0.15, 0.2) is 0 Å². The average Bonchev–Trinajstić information content (AvgIpc) is 2.68. The molecule has 0 aromatic heterocycles. The highest BCUT2D eigenvalue weighted by Gasteiger charge is 2.19. The van der Waals surface area contributed by atoms with Crippen molar-refractivity contribution in [2.45, 2.75) is 18.4 Å². The van der Waals surface area contributed by atoms with Crippen molar-refractivity contribution in [3.05, 3.63) is 95.1 Å². The van der Waals surface area contributed by atoms with E-state index >= 15 is 0 Å². The van der Waals surface area contributed by atoms with E-state index in [-0.39, 0.29) is 22.7 Å². The van der Waals surface area contributed by atoms with Crippen molar-refractivity contribution >= 4 is 21.6 Å². The molecule has 29 heavy (non-hydrogen) atoms. The van der Waals surface area contributed by atoms with Crippen LogP contribution in [0, 0.1) is 18.6 Å². The van der Waals surface area contributed by atoms with E-state index in [1.54, 1.807) is 13.0 Å². The van der Waals surface area contributed by atoms with Gasteiger partial charge in [-0.25, -0.2) is 17.2 Å². The average molecular weight is 416 g/mol. The number of carbonyl (C=O) groups is 1. The lowest BCUT2D eigenvalue weighted by Crippen LogP contribution is -2.24. The summed E-state index contributed by atoms with van der Waals surface area (Å²) in [4.78, 5) is 12.4. The number of halogens is 2. The van der Waals surface area contributed by atoms with Crippen molar-refractivity contribution in [1.82, 2.24) is 5.32 Å². The van der Waals surface area contributed by atoms with Gasteiger partial charge in [0.2, 0.25) is 0 Å². The van der Waals surface area contributed by atoms with Gasteiger partial charge in [-0.3, -0.25) is 9.52 Å². The Morgan fingerprint density at radius 1 is 0.966 bits per heavy atom. The van der Waals surface area contributed by atoms with Crippen LogP contribution in [-0.4, -0.2) is 14.3 Å². The smallest absolute Gasteiger partial charge is 0.262 e. The van der Waals surface area contributed by atoms with Gasteiger partial charge in [-0.15, -0.1) is 0 Å². The molecule has 0 bridgehead atoms. The first-order chi connectivity index (χ1) is 13.8. The predicted octanol–water partition coefficient (Wildman–Crippen LogP) is 4.00. The van der Waals surface area contributed by atoms with Gasteiger partial charge in [0.25, 0.3) is 15.9 Å². The highest BCUT2D eigenvalue weighted by atomic mass is 32.2. The number of nitrogens with one attached hydrogen (secondary N) is 2. The summed E-state index contributed by atoms with van der Waals surface area (Å²) in [6, 6.07) is 15.2. The van der Waals surface area contributed by atoms with Crippen molar-refractivity contribution in [2.24, 2.45) is 0 Å². The van der Waals surface area contributed by atoms with Gasteiger partial charge in [-0.05, 0) is 54.4 Å². The minimum absolute atomic E-state index is 0.0838. The van der Waals surface area contributed by atoms with Crippen molar-refractivity contribution in [1.29, 1.82) is 0 Å². The molecule has 0 saturated carbocycles. The van der Waals surface area contributed by atoms with Gasteiger partial charge in [0.05, 0.1) is 10.6 Å². The second-order valence-corrected chi connectivity index (χ2v) is 8.06. The molecule has 0 aliphatic heterocycles. The zero-order valence-electron chi connectivity index (χ0n) is 15.4. The Kier molecular flexibility index (Phi) is 5.93. The molecule has 3 rings (SSSR count). The normalized spacial score (nSPS) is 11.1. The van der Waals surface area contributed by atoms with E-state index in [0.29, 0.717) is 11.1 Å². The summed E-state index contributed by atoms with van der Waals surface area (Å²) in [6.07, 6.45) is 0. The molecule has 3 aromatic carbocycles. The molecule has 0 aliphatic carbocycles. The lowest BCUT2D eigenvalue weighted by Gasteiger charge is -2.12. The molecule has 0 aliphatic rings. The first kappa shape index (κ1) is 20.5. The van der Waals surface area contributed by atoms with Crippen LogP contribution < -0.4 is 10.0 Å².